The summed E-state index contributed by atoms with van der Waals surface area (Å²) in [5, 5.41) is 8.69. The molecule has 0 saturated carbocycles. The number of fused-ring (bicyclic) bond motifs is 1. The minimum Gasteiger partial charge on any atom is -0.362 e. The first-order valence-electron chi connectivity index (χ1n) is 8.07. The van der Waals surface area contributed by atoms with E-state index in [1.807, 2.05) is 48.0 Å². The zero-order chi connectivity index (χ0) is 17.6. The van der Waals surface area contributed by atoms with Gasteiger partial charge in [0.1, 0.15) is 5.82 Å². The summed E-state index contributed by atoms with van der Waals surface area (Å²) in [7, 11) is 0. The van der Waals surface area contributed by atoms with Gasteiger partial charge in [-0.3, -0.25) is 5.43 Å². The second kappa shape index (κ2) is 7.90. The molecule has 128 valence electrons. The standard InChI is InChI=1S/C19H19FN4S/c1-2-21-19(25)23-22-11-15-13-24(18-10-6-4-8-16(15)18)12-14-7-3-5-9-17(14)20/h3-11,13H,2,12H2,1H3,(H2,21,23,25)/b22-11-. The van der Waals surface area contributed by atoms with Crippen LogP contribution in [-0.4, -0.2) is 22.4 Å². The third kappa shape index (κ3) is 4.03. The molecule has 0 amide bonds. The number of rotatable bonds is 5. The van der Waals surface area contributed by atoms with Crippen molar-refractivity contribution in [2.45, 2.75) is 13.5 Å². The normalized spacial score (nSPS) is 11.1. The lowest BCUT2D eigenvalue weighted by molar-refractivity contribution is 0.602. The molecule has 6 heteroatoms. The summed E-state index contributed by atoms with van der Waals surface area (Å²) in [5.74, 6) is -0.201. The van der Waals surface area contributed by atoms with Gasteiger partial charge in [0.05, 0.1) is 12.8 Å². The summed E-state index contributed by atoms with van der Waals surface area (Å²) < 4.78 is 16.0. The van der Waals surface area contributed by atoms with Crippen molar-refractivity contribution >= 4 is 34.4 Å². The number of halogens is 1. The van der Waals surface area contributed by atoms with Gasteiger partial charge in [-0.05, 0) is 31.3 Å². The summed E-state index contributed by atoms with van der Waals surface area (Å²) in [5.41, 5.74) is 5.41. The number of nitrogens with one attached hydrogen (secondary N) is 2. The molecule has 0 aliphatic rings. The van der Waals surface area contributed by atoms with Gasteiger partial charge in [0.25, 0.3) is 0 Å². The Hall–Kier alpha value is -2.73. The molecule has 0 saturated heterocycles. The molecular formula is C19H19FN4S. The quantitative estimate of drug-likeness (QED) is 0.417. The average molecular weight is 354 g/mol. The van der Waals surface area contributed by atoms with E-state index in [1.165, 1.54) is 6.07 Å². The molecule has 0 unspecified atom stereocenters. The van der Waals surface area contributed by atoms with Crippen LogP contribution in [0.15, 0.2) is 59.8 Å². The number of hydrogen-bond acceptors (Lipinski definition) is 2. The van der Waals surface area contributed by atoms with Crippen molar-refractivity contribution < 1.29 is 4.39 Å². The van der Waals surface area contributed by atoms with E-state index in [9.17, 15) is 4.39 Å². The first-order valence-corrected chi connectivity index (χ1v) is 8.48. The van der Waals surface area contributed by atoms with E-state index in [-0.39, 0.29) is 5.82 Å². The number of para-hydroxylation sites is 1. The van der Waals surface area contributed by atoms with Crippen molar-refractivity contribution in [1.82, 2.24) is 15.3 Å². The van der Waals surface area contributed by atoms with Gasteiger partial charge >= 0.3 is 0 Å². The van der Waals surface area contributed by atoms with Gasteiger partial charge in [-0.15, -0.1) is 0 Å². The van der Waals surface area contributed by atoms with Crippen LogP contribution >= 0.6 is 12.2 Å². The molecule has 0 aliphatic heterocycles. The van der Waals surface area contributed by atoms with Crippen LogP contribution in [0, 0.1) is 5.82 Å². The Labute approximate surface area is 151 Å². The third-order valence-corrected chi connectivity index (χ3v) is 4.06. The number of hydrogen-bond donors (Lipinski definition) is 2. The SMILES string of the molecule is CCNC(=S)N/N=C\c1cn(Cc2ccccc2F)c2ccccc12. The van der Waals surface area contributed by atoms with Crippen LogP contribution < -0.4 is 10.7 Å². The van der Waals surface area contributed by atoms with Gasteiger partial charge in [-0.2, -0.15) is 5.10 Å². The predicted octanol–water partition coefficient (Wildman–Crippen LogP) is 3.65. The van der Waals surface area contributed by atoms with Crippen molar-refractivity contribution in [3.8, 4) is 0 Å². The highest BCUT2D eigenvalue weighted by molar-refractivity contribution is 7.80. The fraction of sp³-hybridized carbons (Fsp3) is 0.158. The average Bonchev–Trinajstić information content (AvgIpc) is 2.95. The lowest BCUT2D eigenvalue weighted by atomic mass is 10.2. The summed E-state index contributed by atoms with van der Waals surface area (Å²) in [6.45, 7) is 3.17. The summed E-state index contributed by atoms with van der Waals surface area (Å²) >= 11 is 5.09. The number of aromatic nitrogens is 1. The van der Waals surface area contributed by atoms with Crippen molar-refractivity contribution in [1.29, 1.82) is 0 Å². The van der Waals surface area contributed by atoms with Crippen molar-refractivity contribution in [3.05, 3.63) is 71.7 Å². The maximum Gasteiger partial charge on any atom is 0.186 e. The van der Waals surface area contributed by atoms with E-state index >= 15 is 0 Å². The predicted molar refractivity (Wildman–Crippen MR) is 104 cm³/mol. The van der Waals surface area contributed by atoms with Gasteiger partial charge in [-0.25, -0.2) is 4.39 Å². The van der Waals surface area contributed by atoms with Gasteiger partial charge in [0, 0.05) is 34.8 Å². The lowest BCUT2D eigenvalue weighted by Gasteiger charge is -2.06. The van der Waals surface area contributed by atoms with Gasteiger partial charge in [0.2, 0.25) is 0 Å². The molecule has 4 nitrogen and oxygen atoms in total. The molecule has 1 heterocycles. The largest absolute Gasteiger partial charge is 0.362 e. The molecular weight excluding hydrogens is 335 g/mol. The Morgan fingerprint density at radius 2 is 1.96 bits per heavy atom. The Bertz CT molecular complexity index is 917. The van der Waals surface area contributed by atoms with Crippen LogP contribution in [0.5, 0.6) is 0 Å². The summed E-state index contributed by atoms with van der Waals surface area (Å²) in [4.78, 5) is 0. The van der Waals surface area contributed by atoms with E-state index in [4.69, 9.17) is 12.2 Å². The Morgan fingerprint density at radius 1 is 1.20 bits per heavy atom. The van der Waals surface area contributed by atoms with Crippen LogP contribution in [-0.2, 0) is 6.54 Å². The lowest BCUT2D eigenvalue weighted by Crippen LogP contribution is -2.31. The molecule has 3 rings (SSSR count). The van der Waals surface area contributed by atoms with E-state index in [0.717, 1.165) is 23.0 Å². The van der Waals surface area contributed by atoms with Crippen molar-refractivity contribution in [3.63, 3.8) is 0 Å². The number of nitrogens with zero attached hydrogens (tertiary/aromatic N) is 2. The third-order valence-electron chi connectivity index (χ3n) is 3.82. The molecule has 0 spiro atoms. The van der Waals surface area contributed by atoms with Crippen LogP contribution in [0.4, 0.5) is 4.39 Å². The fourth-order valence-corrected chi connectivity index (χ4v) is 2.88. The number of thiocarbonyl (C=S) groups is 1. The summed E-state index contributed by atoms with van der Waals surface area (Å²) in [6.07, 6.45) is 3.70. The maximum atomic E-state index is 14.0. The zero-order valence-electron chi connectivity index (χ0n) is 13.9. The van der Waals surface area contributed by atoms with E-state index in [0.29, 0.717) is 17.2 Å². The molecule has 0 aliphatic carbocycles. The molecule has 0 bridgehead atoms. The maximum absolute atomic E-state index is 14.0. The molecule has 0 radical (unpaired) electrons. The highest BCUT2D eigenvalue weighted by Gasteiger charge is 2.09. The Balaban J connectivity index is 1.89. The van der Waals surface area contributed by atoms with Crippen molar-refractivity contribution in [2.75, 3.05) is 6.54 Å². The second-order valence-corrected chi connectivity index (χ2v) is 5.96. The van der Waals surface area contributed by atoms with E-state index in [2.05, 4.69) is 15.8 Å². The summed E-state index contributed by atoms with van der Waals surface area (Å²) in [6, 6.07) is 14.8. The number of benzene rings is 2. The minimum absolute atomic E-state index is 0.201. The molecule has 0 atom stereocenters. The highest BCUT2D eigenvalue weighted by atomic mass is 32.1. The minimum atomic E-state index is -0.201. The van der Waals surface area contributed by atoms with Crippen LogP contribution in [0.25, 0.3) is 10.9 Å². The second-order valence-electron chi connectivity index (χ2n) is 5.55. The topological polar surface area (TPSA) is 41.4 Å². The number of hydrazone groups is 1. The molecule has 3 aromatic rings. The highest BCUT2D eigenvalue weighted by Crippen LogP contribution is 2.21. The van der Waals surface area contributed by atoms with E-state index in [1.54, 1.807) is 18.3 Å². The molecule has 0 fully saturated rings. The molecule has 2 aromatic carbocycles. The first kappa shape index (κ1) is 17.1. The van der Waals surface area contributed by atoms with Crippen LogP contribution in [0.1, 0.15) is 18.1 Å². The van der Waals surface area contributed by atoms with Crippen LogP contribution in [0.2, 0.25) is 0 Å². The molecule has 25 heavy (non-hydrogen) atoms. The first-order chi connectivity index (χ1) is 12.2. The molecule has 2 N–H and O–H groups in total. The smallest absolute Gasteiger partial charge is 0.186 e. The zero-order valence-corrected chi connectivity index (χ0v) is 14.7. The van der Waals surface area contributed by atoms with Gasteiger partial charge in [-0.1, -0.05) is 36.4 Å². The monoisotopic (exact) mass is 354 g/mol. The Kier molecular flexibility index (Phi) is 5.40. The van der Waals surface area contributed by atoms with Gasteiger partial charge < -0.3 is 9.88 Å². The fourth-order valence-electron chi connectivity index (χ4n) is 2.68. The van der Waals surface area contributed by atoms with Crippen molar-refractivity contribution in [2.24, 2.45) is 5.10 Å². The Morgan fingerprint density at radius 3 is 2.76 bits per heavy atom. The molecule has 1 aromatic heterocycles. The van der Waals surface area contributed by atoms with E-state index < -0.39 is 0 Å². The van der Waals surface area contributed by atoms with Gasteiger partial charge in [0.15, 0.2) is 5.11 Å². The van der Waals surface area contributed by atoms with Crippen LogP contribution in [0.3, 0.4) is 0 Å².